The Kier molecular flexibility index (Phi) is 9.93. The third kappa shape index (κ3) is 7.88. The summed E-state index contributed by atoms with van der Waals surface area (Å²) in [6.07, 6.45) is 13.9. The number of aromatic nitrogens is 8. The van der Waals surface area contributed by atoms with E-state index < -0.39 is 5.60 Å². The topological polar surface area (TPSA) is 174 Å². The highest BCUT2D eigenvalue weighted by Crippen LogP contribution is 2.37. The number of hydrogen-bond donors (Lipinski definition) is 2. The Hall–Kier alpha value is -4.65. The number of anilines is 2. The first-order valence-corrected chi connectivity index (χ1v) is 17.6. The molecule has 3 atom stereocenters. The number of ether oxygens (including phenoxy) is 3. The van der Waals surface area contributed by atoms with Crippen molar-refractivity contribution in [3.8, 4) is 28.8 Å². The summed E-state index contributed by atoms with van der Waals surface area (Å²) in [7, 11) is 0. The molecule has 1 aliphatic heterocycles. The predicted octanol–water partition coefficient (Wildman–Crippen LogP) is 4.30. The van der Waals surface area contributed by atoms with Crippen molar-refractivity contribution in [2.75, 3.05) is 25.0 Å². The Morgan fingerprint density at radius 2 is 1.82 bits per heavy atom. The monoisotopic (exact) mass is 683 g/mol. The first-order chi connectivity index (χ1) is 24.2. The van der Waals surface area contributed by atoms with Crippen molar-refractivity contribution in [3.05, 3.63) is 48.7 Å². The molecular weight excluding hydrogens is 638 g/mol. The van der Waals surface area contributed by atoms with Crippen LogP contribution in [0, 0.1) is 11.3 Å². The highest BCUT2D eigenvalue weighted by molar-refractivity contribution is 5.67. The number of tetrazole rings is 1. The van der Waals surface area contributed by atoms with Crippen LogP contribution in [0.3, 0.4) is 0 Å². The Morgan fingerprint density at radius 3 is 2.48 bits per heavy atom. The molecule has 3 aliphatic rings. The third-order valence-corrected chi connectivity index (χ3v) is 9.96. The molecular formula is C35H45N11O4. The number of morpholine rings is 1. The molecule has 15 nitrogen and oxygen atoms in total. The van der Waals surface area contributed by atoms with Gasteiger partial charge < -0.3 is 24.6 Å². The zero-order chi connectivity index (χ0) is 34.7. The van der Waals surface area contributed by atoms with Crippen molar-refractivity contribution in [2.24, 2.45) is 0 Å². The molecule has 2 aliphatic carbocycles. The Morgan fingerprint density at radius 1 is 1.08 bits per heavy atom. The molecule has 0 spiro atoms. The highest BCUT2D eigenvalue weighted by atomic mass is 16.5. The molecule has 4 heterocycles. The van der Waals surface area contributed by atoms with E-state index in [9.17, 15) is 10.4 Å². The van der Waals surface area contributed by atoms with E-state index in [1.54, 1.807) is 23.1 Å². The molecule has 4 aromatic rings. The molecule has 50 heavy (non-hydrogen) atoms. The quantitative estimate of drug-likeness (QED) is 0.217. The maximum Gasteiger partial charge on any atom is 0.257 e. The zero-order valence-corrected chi connectivity index (χ0v) is 28.9. The smallest absolute Gasteiger partial charge is 0.257 e. The van der Waals surface area contributed by atoms with Crippen molar-refractivity contribution in [1.82, 2.24) is 44.9 Å². The molecule has 1 aromatic carbocycles. The van der Waals surface area contributed by atoms with Crippen LogP contribution in [-0.2, 0) is 11.3 Å². The molecule has 2 N–H and O–H groups in total. The molecule has 1 saturated heterocycles. The first-order valence-electron chi connectivity index (χ1n) is 17.6. The zero-order valence-electron chi connectivity index (χ0n) is 28.9. The van der Waals surface area contributed by atoms with Crippen molar-refractivity contribution in [3.63, 3.8) is 0 Å². The van der Waals surface area contributed by atoms with Gasteiger partial charge in [-0.2, -0.15) is 5.26 Å². The number of nitriles is 1. The summed E-state index contributed by atoms with van der Waals surface area (Å²) in [6.45, 7) is 8.80. The van der Waals surface area contributed by atoms with Crippen molar-refractivity contribution in [1.29, 1.82) is 5.26 Å². The summed E-state index contributed by atoms with van der Waals surface area (Å²) in [4.78, 5) is 11.8. The minimum atomic E-state index is -0.807. The lowest BCUT2D eigenvalue weighted by Crippen LogP contribution is -2.51. The molecule has 15 heteroatoms. The first kappa shape index (κ1) is 33.8. The molecule has 3 aromatic heterocycles. The van der Waals surface area contributed by atoms with E-state index in [0.29, 0.717) is 41.4 Å². The summed E-state index contributed by atoms with van der Waals surface area (Å²) in [5, 5.41) is 39.8. The standard InChI is InChI=1S/C35H45N11O4/c1-23-17-44(18-24(2)49-23)29-7-9-30(10-8-29)46-20-31(33(41-46)48-21-35(47)11-4-12-35)40-34-37-15-28(16-38-34)26-5-6-27(14-36)32(13-26)50-25(3)19-45-22-39-42-43-45/h5-6,13,15-16,20,22-25,29-30,47H,4,7-12,17-19,21H2,1-3H3,(H,37,38,40)/t23-,24+,25?,29?,30?. The van der Waals surface area contributed by atoms with Crippen LogP contribution in [-0.4, -0.2) is 99.6 Å². The molecule has 0 amide bonds. The molecule has 0 radical (unpaired) electrons. The van der Waals surface area contributed by atoms with Gasteiger partial charge in [0.25, 0.3) is 5.88 Å². The van der Waals surface area contributed by atoms with Crippen LogP contribution in [0.5, 0.6) is 11.6 Å². The highest BCUT2D eigenvalue weighted by Gasteiger charge is 2.36. The number of aliphatic hydroxyl groups is 1. The lowest BCUT2D eigenvalue weighted by atomic mass is 9.81. The van der Waals surface area contributed by atoms with Gasteiger partial charge in [-0.05, 0) is 93.8 Å². The Labute approximate surface area is 291 Å². The Bertz CT molecular complexity index is 1750. The van der Waals surface area contributed by atoms with E-state index in [2.05, 4.69) is 55.6 Å². The average molecular weight is 684 g/mol. The van der Waals surface area contributed by atoms with E-state index in [4.69, 9.17) is 19.3 Å². The van der Waals surface area contributed by atoms with Crippen LogP contribution in [0.2, 0.25) is 0 Å². The third-order valence-electron chi connectivity index (χ3n) is 9.96. The van der Waals surface area contributed by atoms with Gasteiger partial charge in [0, 0.05) is 37.1 Å². The average Bonchev–Trinajstić information content (AvgIpc) is 3.76. The fourth-order valence-electron chi connectivity index (χ4n) is 7.23. The fourth-order valence-corrected chi connectivity index (χ4v) is 7.23. The molecule has 0 bridgehead atoms. The fraction of sp³-hybridized carbons (Fsp3) is 0.571. The van der Waals surface area contributed by atoms with Gasteiger partial charge in [-0.25, -0.2) is 14.6 Å². The predicted molar refractivity (Wildman–Crippen MR) is 183 cm³/mol. The number of hydrogen-bond acceptors (Lipinski definition) is 13. The Balaban J connectivity index is 1.04. The summed E-state index contributed by atoms with van der Waals surface area (Å²) >= 11 is 0. The molecule has 3 fully saturated rings. The number of nitrogens with one attached hydrogen (secondary N) is 1. The second-order valence-corrected chi connectivity index (χ2v) is 14.1. The van der Waals surface area contributed by atoms with Gasteiger partial charge in [0.2, 0.25) is 5.95 Å². The van der Waals surface area contributed by atoms with Crippen molar-refractivity contribution >= 4 is 11.6 Å². The van der Waals surface area contributed by atoms with Gasteiger partial charge >= 0.3 is 0 Å². The largest absolute Gasteiger partial charge is 0.487 e. The summed E-state index contributed by atoms with van der Waals surface area (Å²) < 4.78 is 21.8. The number of nitrogens with zero attached hydrogens (tertiary/aromatic N) is 10. The van der Waals surface area contributed by atoms with Crippen LogP contribution in [0.15, 0.2) is 43.1 Å². The van der Waals surface area contributed by atoms with Gasteiger partial charge in [-0.3, -0.25) is 9.58 Å². The maximum atomic E-state index is 10.7. The van der Waals surface area contributed by atoms with Gasteiger partial charge in [0.1, 0.15) is 36.5 Å². The minimum Gasteiger partial charge on any atom is -0.487 e. The van der Waals surface area contributed by atoms with Gasteiger partial charge in [0.05, 0.1) is 42.2 Å². The SMILES string of the molecule is CC(Cn1cnnn1)Oc1cc(-c2cnc(Nc3cn(C4CCC(N5C[C@@H](C)O[C@@H](C)C5)CC4)nc3OCC3(O)CCC3)nc2)ccc1C#N. The summed E-state index contributed by atoms with van der Waals surface area (Å²) in [5.74, 6) is 1.28. The molecule has 7 rings (SSSR count). The lowest BCUT2D eigenvalue weighted by molar-refractivity contribution is -0.0852. The van der Waals surface area contributed by atoms with Crippen LogP contribution < -0.4 is 14.8 Å². The van der Waals surface area contributed by atoms with E-state index in [0.717, 1.165) is 69.2 Å². The van der Waals surface area contributed by atoms with Crippen molar-refractivity contribution in [2.45, 2.75) is 108 Å². The minimum absolute atomic E-state index is 0.191. The summed E-state index contributed by atoms with van der Waals surface area (Å²) in [5.41, 5.74) is 1.84. The van der Waals surface area contributed by atoms with Gasteiger partial charge in [0.15, 0.2) is 0 Å². The van der Waals surface area contributed by atoms with E-state index in [1.807, 2.05) is 29.9 Å². The van der Waals surface area contributed by atoms with Crippen LogP contribution in [0.4, 0.5) is 11.6 Å². The van der Waals surface area contributed by atoms with Gasteiger partial charge in [-0.1, -0.05) is 6.07 Å². The van der Waals surface area contributed by atoms with E-state index in [1.165, 1.54) is 6.33 Å². The van der Waals surface area contributed by atoms with E-state index >= 15 is 0 Å². The summed E-state index contributed by atoms with van der Waals surface area (Å²) in [6, 6.07) is 8.39. The van der Waals surface area contributed by atoms with Crippen LogP contribution in [0.25, 0.3) is 11.1 Å². The van der Waals surface area contributed by atoms with E-state index in [-0.39, 0.29) is 31.0 Å². The van der Waals surface area contributed by atoms with Gasteiger partial charge in [-0.15, -0.1) is 10.2 Å². The van der Waals surface area contributed by atoms with Crippen molar-refractivity contribution < 1.29 is 19.3 Å². The second kappa shape index (κ2) is 14.7. The number of rotatable bonds is 12. The maximum absolute atomic E-state index is 10.7. The number of benzene rings is 1. The lowest BCUT2D eigenvalue weighted by Gasteiger charge is -2.42. The van der Waals surface area contributed by atoms with Crippen LogP contribution in [0.1, 0.15) is 77.3 Å². The normalized spacial score (nSPS) is 24.1. The van der Waals surface area contributed by atoms with Crippen LogP contribution >= 0.6 is 0 Å². The molecule has 2 saturated carbocycles. The second-order valence-electron chi connectivity index (χ2n) is 14.1. The molecule has 264 valence electrons. The molecule has 1 unspecified atom stereocenters.